The molecule has 11 heteroatoms. The van der Waals surface area contributed by atoms with Crippen LogP contribution >= 0.6 is 0 Å². The number of hydrogen-bond acceptors (Lipinski definition) is 7. The van der Waals surface area contributed by atoms with Gasteiger partial charge in [0.15, 0.2) is 17.5 Å². The minimum atomic E-state index is -1.19. The van der Waals surface area contributed by atoms with E-state index in [9.17, 15) is 13.6 Å². The third kappa shape index (κ3) is 2.95. The second-order valence-electron chi connectivity index (χ2n) is 6.12. The average molecular weight is 388 g/mol. The number of aliphatic hydroxyl groups excluding tert-OH is 1. The summed E-state index contributed by atoms with van der Waals surface area (Å²) in [6.45, 7) is -0.462. The SMILES string of the molecule is Cn1nnnc1-c1ccc(-c2ccc(N3CC(CO)OC3=O)c(F)c2F)cn1. The van der Waals surface area contributed by atoms with E-state index in [1.165, 1.54) is 23.0 Å². The first-order chi connectivity index (χ1) is 13.5. The maximum Gasteiger partial charge on any atom is 0.414 e. The van der Waals surface area contributed by atoms with E-state index in [1.807, 2.05) is 0 Å². The molecule has 1 fully saturated rings. The van der Waals surface area contributed by atoms with Crippen LogP contribution in [0.3, 0.4) is 0 Å². The van der Waals surface area contributed by atoms with E-state index in [4.69, 9.17) is 9.84 Å². The molecule has 1 amide bonds. The van der Waals surface area contributed by atoms with Gasteiger partial charge in [-0.25, -0.2) is 18.3 Å². The summed E-state index contributed by atoms with van der Waals surface area (Å²) in [4.78, 5) is 17.0. The summed E-state index contributed by atoms with van der Waals surface area (Å²) in [6, 6.07) is 5.81. The largest absolute Gasteiger partial charge is 0.441 e. The highest BCUT2D eigenvalue weighted by Crippen LogP contribution is 2.32. The van der Waals surface area contributed by atoms with Gasteiger partial charge in [-0.1, -0.05) is 6.07 Å². The van der Waals surface area contributed by atoms with Crippen molar-refractivity contribution in [3.8, 4) is 22.6 Å². The zero-order valence-electron chi connectivity index (χ0n) is 14.6. The van der Waals surface area contributed by atoms with Crippen LogP contribution in [0.25, 0.3) is 22.6 Å². The van der Waals surface area contributed by atoms with Crippen LogP contribution in [-0.2, 0) is 11.8 Å². The molecule has 1 aliphatic heterocycles. The number of aryl methyl sites for hydroxylation is 1. The Labute approximate surface area is 157 Å². The lowest BCUT2D eigenvalue weighted by Gasteiger charge is -2.15. The molecule has 3 aromatic rings. The van der Waals surface area contributed by atoms with E-state index in [0.29, 0.717) is 17.1 Å². The Morgan fingerprint density at radius 1 is 1.25 bits per heavy atom. The van der Waals surface area contributed by atoms with Crippen molar-refractivity contribution in [1.29, 1.82) is 0 Å². The standard InChI is InChI=1S/C17H14F2N6O3/c1-24-16(21-22-23-24)12-4-2-9(6-20-12)11-3-5-13(15(19)14(11)18)25-7-10(8-26)28-17(25)27/h2-6,10,26H,7-8H2,1H3. The van der Waals surface area contributed by atoms with Gasteiger partial charge < -0.3 is 9.84 Å². The number of carbonyl (C=O) groups excluding carboxylic acids is 1. The van der Waals surface area contributed by atoms with Crippen molar-refractivity contribution in [2.24, 2.45) is 7.05 Å². The fraction of sp³-hybridized carbons (Fsp3) is 0.235. The molecule has 1 saturated heterocycles. The van der Waals surface area contributed by atoms with Crippen LogP contribution in [0, 0.1) is 11.6 Å². The molecule has 3 heterocycles. The Morgan fingerprint density at radius 2 is 2.07 bits per heavy atom. The zero-order chi connectivity index (χ0) is 19.8. The van der Waals surface area contributed by atoms with Crippen LogP contribution in [0.1, 0.15) is 0 Å². The van der Waals surface area contributed by atoms with Gasteiger partial charge in [0.25, 0.3) is 0 Å². The lowest BCUT2D eigenvalue weighted by Crippen LogP contribution is -2.26. The summed E-state index contributed by atoms with van der Waals surface area (Å²) < 4.78 is 35.6. The highest BCUT2D eigenvalue weighted by molar-refractivity contribution is 5.90. The molecule has 0 saturated carbocycles. The van der Waals surface area contributed by atoms with E-state index >= 15 is 0 Å². The molecular formula is C17H14F2N6O3. The second kappa shape index (κ2) is 6.93. The number of benzene rings is 1. The molecule has 1 aromatic carbocycles. The third-order valence-corrected chi connectivity index (χ3v) is 4.35. The first-order valence-electron chi connectivity index (χ1n) is 8.25. The molecule has 0 aliphatic carbocycles. The molecule has 0 spiro atoms. The van der Waals surface area contributed by atoms with Gasteiger partial charge in [-0.15, -0.1) is 5.10 Å². The lowest BCUT2D eigenvalue weighted by molar-refractivity contribution is 0.0963. The van der Waals surface area contributed by atoms with Crippen molar-refractivity contribution in [2.75, 3.05) is 18.1 Å². The molecular weight excluding hydrogens is 374 g/mol. The van der Waals surface area contributed by atoms with Gasteiger partial charge in [0.2, 0.25) is 0 Å². The number of carbonyl (C=O) groups is 1. The van der Waals surface area contributed by atoms with Gasteiger partial charge in [-0.2, -0.15) is 0 Å². The van der Waals surface area contributed by atoms with Gasteiger partial charge in [-0.3, -0.25) is 9.88 Å². The van der Waals surface area contributed by atoms with Gasteiger partial charge in [-0.05, 0) is 28.6 Å². The zero-order valence-corrected chi connectivity index (χ0v) is 14.6. The van der Waals surface area contributed by atoms with E-state index in [2.05, 4.69) is 20.5 Å². The molecule has 1 atom stereocenters. The molecule has 4 rings (SSSR count). The quantitative estimate of drug-likeness (QED) is 0.722. The Bertz CT molecular complexity index is 1040. The Morgan fingerprint density at radius 3 is 2.68 bits per heavy atom. The second-order valence-corrected chi connectivity index (χ2v) is 6.12. The van der Waals surface area contributed by atoms with Crippen molar-refractivity contribution >= 4 is 11.8 Å². The number of cyclic esters (lactones) is 1. The predicted octanol–water partition coefficient (Wildman–Crippen LogP) is 1.53. The monoisotopic (exact) mass is 388 g/mol. The lowest BCUT2D eigenvalue weighted by atomic mass is 10.1. The highest BCUT2D eigenvalue weighted by Gasteiger charge is 2.34. The number of hydrogen-bond donors (Lipinski definition) is 1. The molecule has 28 heavy (non-hydrogen) atoms. The number of halogens is 2. The smallest absolute Gasteiger partial charge is 0.414 e. The van der Waals surface area contributed by atoms with E-state index < -0.39 is 30.4 Å². The van der Waals surface area contributed by atoms with Gasteiger partial charge in [0, 0.05) is 24.4 Å². The number of rotatable bonds is 4. The van der Waals surface area contributed by atoms with Crippen LogP contribution in [0.2, 0.25) is 0 Å². The van der Waals surface area contributed by atoms with Crippen molar-refractivity contribution in [3.05, 3.63) is 42.1 Å². The predicted molar refractivity (Wildman–Crippen MR) is 92.1 cm³/mol. The van der Waals surface area contributed by atoms with Crippen molar-refractivity contribution in [2.45, 2.75) is 6.10 Å². The number of pyridine rings is 1. The number of tetrazole rings is 1. The van der Waals surface area contributed by atoms with E-state index in [0.717, 1.165) is 4.90 Å². The van der Waals surface area contributed by atoms with Crippen LogP contribution in [0.15, 0.2) is 30.5 Å². The molecule has 1 N–H and O–H groups in total. The topological polar surface area (TPSA) is 106 Å². The van der Waals surface area contributed by atoms with Crippen LogP contribution in [-0.4, -0.2) is 55.6 Å². The van der Waals surface area contributed by atoms with Crippen LogP contribution in [0.5, 0.6) is 0 Å². The maximum absolute atomic E-state index is 14.7. The molecule has 0 bridgehead atoms. The van der Waals surface area contributed by atoms with Gasteiger partial charge >= 0.3 is 6.09 Å². The molecule has 0 radical (unpaired) electrons. The third-order valence-electron chi connectivity index (χ3n) is 4.35. The normalized spacial score (nSPS) is 16.5. The fourth-order valence-electron chi connectivity index (χ4n) is 2.92. The number of anilines is 1. The summed E-state index contributed by atoms with van der Waals surface area (Å²) in [5.41, 5.74) is 0.558. The minimum Gasteiger partial charge on any atom is -0.441 e. The Hall–Kier alpha value is -3.47. The van der Waals surface area contributed by atoms with Crippen LogP contribution < -0.4 is 4.90 Å². The first-order valence-corrected chi connectivity index (χ1v) is 8.25. The van der Waals surface area contributed by atoms with Crippen LogP contribution in [0.4, 0.5) is 19.3 Å². The van der Waals surface area contributed by atoms with Crippen molar-refractivity contribution < 1.29 is 23.4 Å². The molecule has 144 valence electrons. The average Bonchev–Trinajstić information content (AvgIpc) is 3.29. The maximum atomic E-state index is 14.7. The summed E-state index contributed by atoms with van der Waals surface area (Å²) in [5, 5.41) is 20.2. The Kier molecular flexibility index (Phi) is 4.43. The van der Waals surface area contributed by atoms with Gasteiger partial charge in [0.05, 0.1) is 18.8 Å². The molecule has 1 aliphatic rings. The summed E-state index contributed by atoms with van der Waals surface area (Å²) in [7, 11) is 1.66. The number of aromatic nitrogens is 5. The minimum absolute atomic E-state index is 0.0114. The summed E-state index contributed by atoms with van der Waals surface area (Å²) >= 11 is 0. The number of amides is 1. The van der Waals surface area contributed by atoms with Crippen molar-refractivity contribution in [3.63, 3.8) is 0 Å². The summed E-state index contributed by atoms with van der Waals surface area (Å²) in [6.07, 6.45) is -0.233. The van der Waals surface area contributed by atoms with E-state index in [-0.39, 0.29) is 17.8 Å². The fourth-order valence-corrected chi connectivity index (χ4v) is 2.92. The molecule has 2 aromatic heterocycles. The first kappa shape index (κ1) is 17.9. The molecule has 9 nitrogen and oxygen atoms in total. The highest BCUT2D eigenvalue weighted by atomic mass is 19.2. The summed E-state index contributed by atoms with van der Waals surface area (Å²) in [5.74, 6) is -1.87. The molecule has 1 unspecified atom stereocenters. The van der Waals surface area contributed by atoms with E-state index in [1.54, 1.807) is 19.2 Å². The Balaban J connectivity index is 1.65. The van der Waals surface area contributed by atoms with Gasteiger partial charge in [0.1, 0.15) is 11.8 Å². The number of aliphatic hydroxyl groups is 1. The number of ether oxygens (including phenoxy) is 1. The van der Waals surface area contributed by atoms with Crippen molar-refractivity contribution in [1.82, 2.24) is 25.2 Å². The number of nitrogens with zero attached hydrogens (tertiary/aromatic N) is 6.